The third-order valence-corrected chi connectivity index (χ3v) is 2.83. The summed E-state index contributed by atoms with van der Waals surface area (Å²) < 4.78 is 10.3. The van der Waals surface area contributed by atoms with E-state index in [1.54, 1.807) is 14.2 Å². The molecule has 0 radical (unpaired) electrons. The van der Waals surface area contributed by atoms with E-state index in [2.05, 4.69) is 0 Å². The lowest BCUT2D eigenvalue weighted by Crippen LogP contribution is -2.35. The number of likely N-dealkylation sites (tertiary alicyclic amines) is 1. The summed E-state index contributed by atoms with van der Waals surface area (Å²) in [4.78, 5) is 13.6. The fourth-order valence-corrected chi connectivity index (χ4v) is 1.73. The van der Waals surface area contributed by atoms with Crippen molar-refractivity contribution in [3.8, 4) is 0 Å². The van der Waals surface area contributed by atoms with E-state index >= 15 is 0 Å². The van der Waals surface area contributed by atoms with Crippen LogP contribution in [0.15, 0.2) is 0 Å². The summed E-state index contributed by atoms with van der Waals surface area (Å²) in [6, 6.07) is 0. The Kier molecular flexibility index (Phi) is 5.01. The Morgan fingerprint density at radius 3 is 2.80 bits per heavy atom. The molecule has 0 aromatic rings. The summed E-state index contributed by atoms with van der Waals surface area (Å²) in [6.07, 6.45) is 1.30. The molecule has 88 valence electrons. The average molecular weight is 216 g/mol. The van der Waals surface area contributed by atoms with Crippen molar-refractivity contribution < 1.29 is 14.3 Å². The molecule has 1 aliphatic rings. The monoisotopic (exact) mass is 216 g/mol. The number of hydrogen-bond donors (Lipinski definition) is 1. The number of nitrogens with zero attached hydrogens (tertiary/aromatic N) is 1. The number of nitrogens with two attached hydrogens (primary N) is 1. The molecule has 5 heteroatoms. The van der Waals surface area contributed by atoms with Crippen molar-refractivity contribution in [1.82, 2.24) is 4.90 Å². The van der Waals surface area contributed by atoms with Gasteiger partial charge in [-0.15, -0.1) is 0 Å². The second-order valence-corrected chi connectivity index (χ2v) is 3.78. The van der Waals surface area contributed by atoms with Crippen molar-refractivity contribution in [2.75, 3.05) is 33.9 Å². The second-order valence-electron chi connectivity index (χ2n) is 3.78. The molecule has 2 atom stereocenters. The molecule has 1 saturated heterocycles. The lowest BCUT2D eigenvalue weighted by molar-refractivity contribution is -0.133. The summed E-state index contributed by atoms with van der Waals surface area (Å²) in [5, 5.41) is 0. The molecule has 2 unspecified atom stereocenters. The van der Waals surface area contributed by atoms with Crippen molar-refractivity contribution in [2.45, 2.75) is 25.0 Å². The molecule has 5 nitrogen and oxygen atoms in total. The van der Waals surface area contributed by atoms with Crippen LogP contribution in [0.1, 0.15) is 12.8 Å². The molecule has 0 aliphatic carbocycles. The Hall–Kier alpha value is -0.650. The van der Waals surface area contributed by atoms with Gasteiger partial charge >= 0.3 is 0 Å². The Balaban J connectivity index is 2.34. The van der Waals surface area contributed by atoms with Gasteiger partial charge in [-0.2, -0.15) is 0 Å². The van der Waals surface area contributed by atoms with Gasteiger partial charge in [-0.3, -0.25) is 4.79 Å². The first-order valence-electron chi connectivity index (χ1n) is 5.24. The molecular formula is C10H20N2O3. The van der Waals surface area contributed by atoms with Crippen LogP contribution < -0.4 is 5.73 Å². The first kappa shape index (κ1) is 12.4. The Morgan fingerprint density at radius 1 is 1.60 bits per heavy atom. The van der Waals surface area contributed by atoms with Gasteiger partial charge in [-0.05, 0) is 6.42 Å². The highest BCUT2D eigenvalue weighted by Gasteiger charge is 2.27. The van der Waals surface area contributed by atoms with Crippen molar-refractivity contribution in [3.63, 3.8) is 0 Å². The first-order chi connectivity index (χ1) is 7.21. The topological polar surface area (TPSA) is 64.8 Å². The first-order valence-corrected chi connectivity index (χ1v) is 5.24. The van der Waals surface area contributed by atoms with Gasteiger partial charge in [-0.1, -0.05) is 0 Å². The zero-order chi connectivity index (χ0) is 11.3. The average Bonchev–Trinajstić information content (AvgIpc) is 2.74. The highest BCUT2D eigenvalue weighted by Crippen LogP contribution is 2.13. The van der Waals surface area contributed by atoms with E-state index < -0.39 is 0 Å². The van der Waals surface area contributed by atoms with Gasteiger partial charge in [-0.25, -0.2) is 0 Å². The van der Waals surface area contributed by atoms with Crippen LogP contribution in [-0.2, 0) is 14.3 Å². The van der Waals surface area contributed by atoms with Crippen LogP contribution in [0, 0.1) is 0 Å². The lowest BCUT2D eigenvalue weighted by Gasteiger charge is -2.19. The fourth-order valence-electron chi connectivity index (χ4n) is 1.73. The highest BCUT2D eigenvalue weighted by atomic mass is 16.5. The van der Waals surface area contributed by atoms with Crippen LogP contribution in [-0.4, -0.2) is 56.9 Å². The predicted molar refractivity (Wildman–Crippen MR) is 56.5 cm³/mol. The van der Waals surface area contributed by atoms with E-state index in [1.165, 1.54) is 0 Å². The van der Waals surface area contributed by atoms with Crippen molar-refractivity contribution in [1.29, 1.82) is 0 Å². The number of hydrogen-bond acceptors (Lipinski definition) is 4. The summed E-state index contributed by atoms with van der Waals surface area (Å²) in [5.41, 5.74) is 5.46. The molecule has 2 N–H and O–H groups in total. The maximum absolute atomic E-state index is 11.8. The minimum atomic E-state index is -0.168. The van der Waals surface area contributed by atoms with E-state index in [1.807, 2.05) is 4.90 Å². The quantitative estimate of drug-likeness (QED) is 0.679. The van der Waals surface area contributed by atoms with Crippen molar-refractivity contribution in [2.24, 2.45) is 5.73 Å². The molecule has 0 saturated carbocycles. The number of methoxy groups -OCH3 is 2. The van der Waals surface area contributed by atoms with Gasteiger partial charge < -0.3 is 20.1 Å². The van der Waals surface area contributed by atoms with Gasteiger partial charge in [0.25, 0.3) is 0 Å². The Labute approximate surface area is 90.5 Å². The minimum absolute atomic E-state index is 0.104. The molecule has 0 bridgehead atoms. The molecule has 0 spiro atoms. The molecular weight excluding hydrogens is 196 g/mol. The summed E-state index contributed by atoms with van der Waals surface area (Å²) >= 11 is 0. The summed E-state index contributed by atoms with van der Waals surface area (Å²) in [6.45, 7) is 1.85. The second kappa shape index (κ2) is 6.05. The lowest BCUT2D eigenvalue weighted by atomic mass is 10.2. The smallest absolute Gasteiger partial charge is 0.225 e. The molecule has 1 heterocycles. The van der Waals surface area contributed by atoms with Crippen LogP contribution >= 0.6 is 0 Å². The third kappa shape index (κ3) is 3.44. The molecule has 15 heavy (non-hydrogen) atoms. The largest absolute Gasteiger partial charge is 0.380 e. The van der Waals surface area contributed by atoms with E-state index in [-0.39, 0.29) is 18.1 Å². The van der Waals surface area contributed by atoms with Crippen LogP contribution in [0.2, 0.25) is 0 Å². The molecule has 0 aromatic carbocycles. The molecule has 1 amide bonds. The van der Waals surface area contributed by atoms with Crippen LogP contribution in [0.25, 0.3) is 0 Å². The number of amides is 1. The minimum Gasteiger partial charge on any atom is -0.380 e. The SMILES string of the molecule is COC(CN)CC(=O)N1CCC(OC)C1. The third-order valence-electron chi connectivity index (χ3n) is 2.83. The highest BCUT2D eigenvalue weighted by molar-refractivity contribution is 5.77. The zero-order valence-corrected chi connectivity index (χ0v) is 9.44. The normalized spacial score (nSPS) is 23.1. The number of ether oxygens (including phenoxy) is 2. The van der Waals surface area contributed by atoms with Gasteiger partial charge in [0.05, 0.1) is 18.6 Å². The molecule has 1 rings (SSSR count). The summed E-state index contributed by atoms with van der Waals surface area (Å²) in [7, 11) is 3.25. The standard InChI is InChI=1S/C10H20N2O3/c1-14-8-3-4-12(7-8)10(13)5-9(6-11)15-2/h8-9H,3-7,11H2,1-2H3. The Morgan fingerprint density at radius 2 is 2.33 bits per heavy atom. The molecule has 0 aromatic heterocycles. The Bertz CT molecular complexity index is 207. The fraction of sp³-hybridized carbons (Fsp3) is 0.900. The van der Waals surface area contributed by atoms with Gasteiger partial charge in [0, 0.05) is 33.9 Å². The number of carbonyl (C=O) groups excluding carboxylic acids is 1. The van der Waals surface area contributed by atoms with E-state index in [4.69, 9.17) is 15.2 Å². The number of carbonyl (C=O) groups is 1. The van der Waals surface area contributed by atoms with E-state index in [9.17, 15) is 4.79 Å². The van der Waals surface area contributed by atoms with Crippen LogP contribution in [0.3, 0.4) is 0 Å². The van der Waals surface area contributed by atoms with Crippen LogP contribution in [0.5, 0.6) is 0 Å². The molecule has 1 fully saturated rings. The molecule has 1 aliphatic heterocycles. The van der Waals surface area contributed by atoms with Gasteiger partial charge in [0.15, 0.2) is 0 Å². The number of rotatable bonds is 5. The predicted octanol–water partition coefficient (Wildman–Crippen LogP) is -0.402. The van der Waals surface area contributed by atoms with E-state index in [0.29, 0.717) is 19.5 Å². The van der Waals surface area contributed by atoms with E-state index in [0.717, 1.165) is 13.0 Å². The van der Waals surface area contributed by atoms with Crippen LogP contribution in [0.4, 0.5) is 0 Å². The van der Waals surface area contributed by atoms with Gasteiger partial charge in [0.2, 0.25) is 5.91 Å². The van der Waals surface area contributed by atoms with Gasteiger partial charge in [0.1, 0.15) is 0 Å². The summed E-state index contributed by atoms with van der Waals surface area (Å²) in [5.74, 6) is 0.104. The zero-order valence-electron chi connectivity index (χ0n) is 9.44. The maximum Gasteiger partial charge on any atom is 0.225 e. The maximum atomic E-state index is 11.8. The van der Waals surface area contributed by atoms with Crippen molar-refractivity contribution in [3.05, 3.63) is 0 Å². The van der Waals surface area contributed by atoms with Crippen molar-refractivity contribution >= 4 is 5.91 Å².